The minimum atomic E-state index is -0.576. The lowest BCUT2D eigenvalue weighted by Crippen LogP contribution is -2.50. The summed E-state index contributed by atoms with van der Waals surface area (Å²) < 4.78 is 27.0. The van der Waals surface area contributed by atoms with Crippen molar-refractivity contribution < 1.29 is 23.5 Å². The summed E-state index contributed by atoms with van der Waals surface area (Å²) in [6.45, 7) is 1.78. The Balaban J connectivity index is 1.38. The summed E-state index contributed by atoms with van der Waals surface area (Å²) in [6.07, 6.45) is 1.56. The van der Waals surface area contributed by atoms with E-state index in [1.807, 2.05) is 29.2 Å². The molecular formula is C32H37ClFN5O5. The number of aromatic nitrogens is 2. The van der Waals surface area contributed by atoms with Gasteiger partial charge in [0.05, 0.1) is 20.1 Å². The fraction of sp³-hybridized carbons (Fsp3) is 0.438. The van der Waals surface area contributed by atoms with Gasteiger partial charge in [0, 0.05) is 68.9 Å². The van der Waals surface area contributed by atoms with Crippen LogP contribution in [0.15, 0.2) is 59.4 Å². The van der Waals surface area contributed by atoms with Crippen LogP contribution in [0.2, 0.25) is 5.02 Å². The third-order valence-corrected chi connectivity index (χ3v) is 8.89. The first kappa shape index (κ1) is 31.3. The maximum Gasteiger partial charge on any atom is 0.409 e. The number of carbonyl (C=O) groups excluding carboxylic acids is 2. The highest BCUT2D eigenvalue weighted by Crippen LogP contribution is 2.38. The lowest BCUT2D eigenvalue weighted by molar-refractivity contribution is -0.136. The summed E-state index contributed by atoms with van der Waals surface area (Å²) in [5, 5.41) is 5.03. The molecule has 3 aromatic rings. The molecule has 0 radical (unpaired) electrons. The molecule has 0 N–H and O–H groups in total. The van der Waals surface area contributed by atoms with Crippen molar-refractivity contribution in [2.45, 2.75) is 31.2 Å². The maximum absolute atomic E-state index is 15.4. The number of benzene rings is 2. The van der Waals surface area contributed by atoms with E-state index in [-0.39, 0.29) is 17.5 Å². The number of hydrogen-bond acceptors (Lipinski definition) is 7. The summed E-state index contributed by atoms with van der Waals surface area (Å²) in [6, 6.07) is 15.2. The van der Waals surface area contributed by atoms with Crippen molar-refractivity contribution in [2.24, 2.45) is 13.0 Å². The standard InChI is InChI=1S/C32H37ClFN5O5/c1-36-30(40)13-12-29(35-36)38-19-26(25-11-10-24(43-2)18-28(25)34)27(20-38)31(41)37-14-4-5-23(39(16-15-37)32(42)44-3)17-21-6-8-22(33)9-7-21/h6-13,18,23,26-27H,4-5,14-17,19-20H2,1-3H3. The van der Waals surface area contributed by atoms with Crippen molar-refractivity contribution in [3.8, 4) is 5.75 Å². The van der Waals surface area contributed by atoms with Gasteiger partial charge in [-0.3, -0.25) is 9.59 Å². The van der Waals surface area contributed by atoms with Gasteiger partial charge >= 0.3 is 6.09 Å². The highest BCUT2D eigenvalue weighted by molar-refractivity contribution is 6.30. The quantitative estimate of drug-likeness (QED) is 0.407. The number of amides is 2. The molecule has 1 aromatic heterocycles. The van der Waals surface area contributed by atoms with Gasteiger partial charge in [-0.25, -0.2) is 13.9 Å². The van der Waals surface area contributed by atoms with E-state index in [0.29, 0.717) is 74.1 Å². The minimum Gasteiger partial charge on any atom is -0.497 e. The summed E-state index contributed by atoms with van der Waals surface area (Å²) in [4.78, 5) is 44.5. The molecule has 12 heteroatoms. The second-order valence-electron chi connectivity index (χ2n) is 11.3. The Kier molecular flexibility index (Phi) is 9.73. The van der Waals surface area contributed by atoms with Crippen LogP contribution in [0.3, 0.4) is 0 Å². The molecule has 3 atom stereocenters. The molecule has 10 nitrogen and oxygen atoms in total. The number of aryl methyl sites for hydroxylation is 1. The number of hydrogen-bond donors (Lipinski definition) is 0. The topological polar surface area (TPSA) is 97.2 Å². The van der Waals surface area contributed by atoms with Crippen molar-refractivity contribution >= 4 is 29.4 Å². The molecule has 2 aliphatic heterocycles. The number of methoxy groups -OCH3 is 2. The first-order valence-electron chi connectivity index (χ1n) is 14.7. The summed E-state index contributed by atoms with van der Waals surface area (Å²) >= 11 is 6.06. The van der Waals surface area contributed by atoms with Crippen molar-refractivity contribution in [1.82, 2.24) is 19.6 Å². The first-order valence-corrected chi connectivity index (χ1v) is 15.1. The number of halogens is 2. The average molecular weight is 626 g/mol. The Morgan fingerprint density at radius 1 is 1.02 bits per heavy atom. The molecule has 0 aliphatic carbocycles. The van der Waals surface area contributed by atoms with Gasteiger partial charge in [-0.1, -0.05) is 29.8 Å². The second kappa shape index (κ2) is 13.7. The van der Waals surface area contributed by atoms with E-state index in [9.17, 15) is 14.4 Å². The lowest BCUT2D eigenvalue weighted by Gasteiger charge is -2.37. The van der Waals surface area contributed by atoms with Crippen LogP contribution < -0.4 is 15.2 Å². The van der Waals surface area contributed by atoms with Crippen LogP contribution in [-0.2, 0) is 23.0 Å². The highest BCUT2D eigenvalue weighted by atomic mass is 35.5. The van der Waals surface area contributed by atoms with Crippen molar-refractivity contribution in [1.29, 1.82) is 0 Å². The number of nitrogens with zero attached hydrogens (tertiary/aromatic N) is 5. The molecule has 3 unspecified atom stereocenters. The molecule has 0 saturated carbocycles. The molecule has 0 bridgehead atoms. The van der Waals surface area contributed by atoms with Crippen molar-refractivity contribution in [3.63, 3.8) is 0 Å². The molecular weight excluding hydrogens is 589 g/mol. The van der Waals surface area contributed by atoms with Gasteiger partial charge in [0.1, 0.15) is 17.4 Å². The number of rotatable bonds is 6. The predicted octanol–water partition coefficient (Wildman–Crippen LogP) is 4.10. The molecule has 2 fully saturated rings. The normalized spacial score (nSPS) is 20.7. The SMILES string of the molecule is COC(=O)N1CCN(C(=O)C2CN(c3ccc(=O)n(C)n3)CC2c2ccc(OC)cc2F)CCCC1Cc1ccc(Cl)cc1. The van der Waals surface area contributed by atoms with E-state index in [0.717, 1.165) is 5.56 Å². The van der Waals surface area contributed by atoms with Gasteiger partial charge in [-0.15, -0.1) is 0 Å². The molecule has 3 heterocycles. The van der Waals surface area contributed by atoms with Crippen LogP contribution in [0.1, 0.15) is 29.9 Å². The fourth-order valence-electron chi connectivity index (χ4n) is 6.26. The largest absolute Gasteiger partial charge is 0.497 e. The zero-order valence-electron chi connectivity index (χ0n) is 25.1. The Hall–Kier alpha value is -4.12. The Morgan fingerprint density at radius 2 is 1.80 bits per heavy atom. The van der Waals surface area contributed by atoms with E-state index in [2.05, 4.69) is 5.10 Å². The molecule has 2 saturated heterocycles. The van der Waals surface area contributed by atoms with E-state index >= 15 is 4.39 Å². The van der Waals surface area contributed by atoms with Crippen LogP contribution >= 0.6 is 11.6 Å². The summed E-state index contributed by atoms with van der Waals surface area (Å²) in [5.74, 6) is -0.671. The predicted molar refractivity (Wildman–Crippen MR) is 165 cm³/mol. The smallest absolute Gasteiger partial charge is 0.409 e. The number of carbonyl (C=O) groups is 2. The van der Waals surface area contributed by atoms with E-state index < -0.39 is 23.7 Å². The van der Waals surface area contributed by atoms with E-state index in [4.69, 9.17) is 21.1 Å². The molecule has 2 amide bonds. The zero-order chi connectivity index (χ0) is 31.4. The number of anilines is 1. The third kappa shape index (κ3) is 6.83. The highest BCUT2D eigenvalue weighted by Gasteiger charge is 2.42. The monoisotopic (exact) mass is 625 g/mol. The third-order valence-electron chi connectivity index (χ3n) is 8.64. The molecule has 0 spiro atoms. The zero-order valence-corrected chi connectivity index (χ0v) is 25.9. The van der Waals surface area contributed by atoms with E-state index in [1.165, 1.54) is 31.0 Å². The van der Waals surface area contributed by atoms with Gasteiger partial charge in [0.15, 0.2) is 0 Å². The van der Waals surface area contributed by atoms with E-state index in [1.54, 1.807) is 35.0 Å². The van der Waals surface area contributed by atoms with Gasteiger partial charge in [-0.2, -0.15) is 5.10 Å². The molecule has 44 heavy (non-hydrogen) atoms. The van der Waals surface area contributed by atoms with Gasteiger partial charge in [0.2, 0.25) is 5.91 Å². The Morgan fingerprint density at radius 3 is 2.48 bits per heavy atom. The van der Waals surface area contributed by atoms with Crippen LogP contribution in [-0.4, -0.2) is 84.6 Å². The number of ether oxygens (including phenoxy) is 2. The van der Waals surface area contributed by atoms with Crippen molar-refractivity contribution in [2.75, 3.05) is 51.8 Å². The van der Waals surface area contributed by atoms with Gasteiger partial charge in [0.25, 0.3) is 5.56 Å². The maximum atomic E-state index is 15.4. The molecule has 2 aromatic carbocycles. The Bertz CT molecular complexity index is 1550. The summed E-state index contributed by atoms with van der Waals surface area (Å²) in [7, 11) is 4.40. The average Bonchev–Trinajstić information content (AvgIpc) is 3.45. The minimum absolute atomic E-state index is 0.0974. The lowest BCUT2D eigenvalue weighted by atomic mass is 9.87. The second-order valence-corrected chi connectivity index (χ2v) is 11.7. The molecule has 234 valence electrons. The van der Waals surface area contributed by atoms with Gasteiger partial charge in [-0.05, 0) is 54.7 Å². The van der Waals surface area contributed by atoms with Crippen molar-refractivity contribution in [3.05, 3.63) is 86.9 Å². The first-order chi connectivity index (χ1) is 21.2. The van der Waals surface area contributed by atoms with Crippen LogP contribution in [0, 0.1) is 11.7 Å². The summed E-state index contributed by atoms with van der Waals surface area (Å²) in [5.41, 5.74) is 1.23. The van der Waals surface area contributed by atoms with Gasteiger partial charge < -0.3 is 24.2 Å². The van der Waals surface area contributed by atoms with Crippen LogP contribution in [0.4, 0.5) is 15.0 Å². The Labute approximate surface area is 260 Å². The molecule has 2 aliphatic rings. The van der Waals surface area contributed by atoms with Crippen LogP contribution in [0.5, 0.6) is 5.75 Å². The molecule has 5 rings (SSSR count). The van der Waals surface area contributed by atoms with Crippen LogP contribution in [0.25, 0.3) is 0 Å². The fourth-order valence-corrected chi connectivity index (χ4v) is 6.39.